The zero-order valence-electron chi connectivity index (χ0n) is 13.3. The largest absolute Gasteiger partial charge is 0.436 e. The molecule has 0 fully saturated rings. The number of halogens is 1. The first-order valence-corrected chi connectivity index (χ1v) is 8.21. The zero-order chi connectivity index (χ0) is 16.4. The van der Waals surface area contributed by atoms with Crippen LogP contribution in [0.25, 0.3) is 22.6 Å². The van der Waals surface area contributed by atoms with Crippen molar-refractivity contribution >= 4 is 22.7 Å². The summed E-state index contributed by atoms with van der Waals surface area (Å²) in [6.45, 7) is 4.25. The molecule has 4 heteroatoms. The molecule has 0 bridgehead atoms. The molecule has 1 heterocycles. The normalized spacial score (nSPS) is 12.7. The number of aryl methyl sites for hydroxylation is 2. The van der Waals surface area contributed by atoms with E-state index in [2.05, 4.69) is 17.1 Å². The van der Waals surface area contributed by atoms with Gasteiger partial charge in [0.2, 0.25) is 5.89 Å². The second-order valence-corrected chi connectivity index (χ2v) is 6.52. The lowest BCUT2D eigenvalue weighted by molar-refractivity contribution is 0.230. The third-order valence-corrected chi connectivity index (χ3v) is 4.52. The van der Waals surface area contributed by atoms with Gasteiger partial charge in [0.15, 0.2) is 5.58 Å². The minimum Gasteiger partial charge on any atom is -0.436 e. The summed E-state index contributed by atoms with van der Waals surface area (Å²) < 4.78 is 5.84. The number of aliphatic hydroxyl groups is 1. The van der Waals surface area contributed by atoms with E-state index in [1.807, 2.05) is 38.1 Å². The molecule has 0 radical (unpaired) electrons. The molecule has 3 aromatic rings. The molecule has 0 aliphatic rings. The SMILES string of the molecule is Cc1ccc(-c2nc3cc(CCC(C)CO)ccc3o2)cc1Cl. The number of aliphatic hydroxyl groups excluding tert-OH is 1. The van der Waals surface area contributed by atoms with E-state index in [-0.39, 0.29) is 6.61 Å². The van der Waals surface area contributed by atoms with Crippen LogP contribution in [0.3, 0.4) is 0 Å². The van der Waals surface area contributed by atoms with Crippen LogP contribution in [0.15, 0.2) is 40.8 Å². The number of benzene rings is 2. The third-order valence-electron chi connectivity index (χ3n) is 4.11. The van der Waals surface area contributed by atoms with Gasteiger partial charge in [0.1, 0.15) is 5.52 Å². The van der Waals surface area contributed by atoms with Crippen molar-refractivity contribution in [3.8, 4) is 11.5 Å². The lowest BCUT2D eigenvalue weighted by Gasteiger charge is -2.06. The summed E-state index contributed by atoms with van der Waals surface area (Å²) in [7, 11) is 0. The molecule has 2 aromatic carbocycles. The summed E-state index contributed by atoms with van der Waals surface area (Å²) in [5.41, 5.74) is 4.75. The standard InChI is InChI=1S/C19H20ClNO2/c1-12(11-22)3-5-14-6-8-18-17(9-14)21-19(23-18)15-7-4-13(2)16(20)10-15/h4,6-10,12,22H,3,5,11H2,1-2H3. The van der Waals surface area contributed by atoms with Crippen molar-refractivity contribution in [1.29, 1.82) is 0 Å². The molecular formula is C19H20ClNO2. The van der Waals surface area contributed by atoms with E-state index in [0.29, 0.717) is 16.8 Å². The Hall–Kier alpha value is -1.84. The second kappa shape index (κ2) is 6.73. The van der Waals surface area contributed by atoms with Gasteiger partial charge in [0.05, 0.1) is 0 Å². The Morgan fingerprint density at radius 3 is 2.78 bits per heavy atom. The highest BCUT2D eigenvalue weighted by Crippen LogP contribution is 2.28. The van der Waals surface area contributed by atoms with Gasteiger partial charge in [-0.25, -0.2) is 4.98 Å². The van der Waals surface area contributed by atoms with E-state index in [9.17, 15) is 0 Å². The van der Waals surface area contributed by atoms with Crippen molar-refractivity contribution < 1.29 is 9.52 Å². The summed E-state index contributed by atoms with van der Waals surface area (Å²) in [5.74, 6) is 0.899. The first kappa shape index (κ1) is 16.0. The van der Waals surface area contributed by atoms with E-state index in [0.717, 1.165) is 35.1 Å². The minimum atomic E-state index is 0.227. The van der Waals surface area contributed by atoms with E-state index >= 15 is 0 Å². The molecule has 3 rings (SSSR count). The average molecular weight is 330 g/mol. The summed E-state index contributed by atoms with van der Waals surface area (Å²) >= 11 is 6.18. The maximum atomic E-state index is 9.12. The highest BCUT2D eigenvalue weighted by molar-refractivity contribution is 6.31. The van der Waals surface area contributed by atoms with Crippen molar-refractivity contribution in [1.82, 2.24) is 4.98 Å². The number of oxazole rings is 1. The highest BCUT2D eigenvalue weighted by Gasteiger charge is 2.10. The van der Waals surface area contributed by atoms with E-state index in [4.69, 9.17) is 21.1 Å². The molecule has 1 atom stereocenters. The van der Waals surface area contributed by atoms with Crippen LogP contribution in [0.4, 0.5) is 0 Å². The Morgan fingerprint density at radius 1 is 1.22 bits per heavy atom. The van der Waals surface area contributed by atoms with Gasteiger partial charge in [-0.3, -0.25) is 0 Å². The molecule has 1 N–H and O–H groups in total. The molecule has 0 spiro atoms. The maximum Gasteiger partial charge on any atom is 0.227 e. The van der Waals surface area contributed by atoms with Crippen LogP contribution in [0.5, 0.6) is 0 Å². The fraction of sp³-hybridized carbons (Fsp3) is 0.316. The zero-order valence-corrected chi connectivity index (χ0v) is 14.1. The lowest BCUT2D eigenvalue weighted by atomic mass is 10.0. The van der Waals surface area contributed by atoms with Gasteiger partial charge in [-0.2, -0.15) is 0 Å². The predicted molar refractivity (Wildman–Crippen MR) is 93.8 cm³/mol. The van der Waals surface area contributed by atoms with Gasteiger partial charge in [-0.1, -0.05) is 30.7 Å². The molecule has 0 saturated heterocycles. The number of hydrogen-bond acceptors (Lipinski definition) is 3. The Morgan fingerprint density at radius 2 is 2.04 bits per heavy atom. The Kier molecular flexibility index (Phi) is 4.69. The fourth-order valence-corrected chi connectivity index (χ4v) is 2.66. The van der Waals surface area contributed by atoms with Gasteiger partial charge in [0, 0.05) is 17.2 Å². The van der Waals surface area contributed by atoms with Crippen LogP contribution >= 0.6 is 11.6 Å². The van der Waals surface area contributed by atoms with E-state index < -0.39 is 0 Å². The van der Waals surface area contributed by atoms with Crippen LogP contribution in [-0.2, 0) is 6.42 Å². The lowest BCUT2D eigenvalue weighted by Crippen LogP contribution is -2.02. The van der Waals surface area contributed by atoms with E-state index in [1.165, 1.54) is 5.56 Å². The first-order valence-electron chi connectivity index (χ1n) is 7.83. The Balaban J connectivity index is 1.88. The number of rotatable bonds is 5. The van der Waals surface area contributed by atoms with Gasteiger partial charge >= 0.3 is 0 Å². The molecule has 0 aliphatic heterocycles. The Bertz CT molecular complexity index is 825. The maximum absolute atomic E-state index is 9.12. The monoisotopic (exact) mass is 329 g/mol. The first-order chi connectivity index (χ1) is 11.1. The molecule has 3 nitrogen and oxygen atoms in total. The predicted octanol–water partition coefficient (Wildman–Crippen LogP) is 5.02. The molecule has 23 heavy (non-hydrogen) atoms. The molecule has 0 aliphatic carbocycles. The Labute approximate surface area is 140 Å². The van der Waals surface area contributed by atoms with Crippen molar-refractivity contribution in [2.24, 2.45) is 5.92 Å². The number of aromatic nitrogens is 1. The second-order valence-electron chi connectivity index (χ2n) is 6.11. The van der Waals surface area contributed by atoms with Crippen LogP contribution in [0, 0.1) is 12.8 Å². The van der Waals surface area contributed by atoms with Gasteiger partial charge < -0.3 is 9.52 Å². The minimum absolute atomic E-state index is 0.227. The molecule has 120 valence electrons. The fourth-order valence-electron chi connectivity index (χ4n) is 2.48. The smallest absolute Gasteiger partial charge is 0.227 e. The molecule has 0 amide bonds. The van der Waals surface area contributed by atoms with Crippen molar-refractivity contribution in [3.05, 3.63) is 52.5 Å². The van der Waals surface area contributed by atoms with E-state index in [1.54, 1.807) is 0 Å². The summed E-state index contributed by atoms with van der Waals surface area (Å²) in [6, 6.07) is 11.9. The van der Waals surface area contributed by atoms with Crippen LogP contribution in [0.2, 0.25) is 5.02 Å². The van der Waals surface area contributed by atoms with Crippen LogP contribution < -0.4 is 0 Å². The van der Waals surface area contributed by atoms with Gasteiger partial charge in [0.25, 0.3) is 0 Å². The van der Waals surface area contributed by atoms with Crippen LogP contribution in [0.1, 0.15) is 24.5 Å². The van der Waals surface area contributed by atoms with Crippen molar-refractivity contribution in [2.75, 3.05) is 6.61 Å². The molecule has 1 aromatic heterocycles. The molecule has 0 saturated carbocycles. The molecule has 1 unspecified atom stereocenters. The quantitative estimate of drug-likeness (QED) is 0.715. The highest BCUT2D eigenvalue weighted by atomic mass is 35.5. The summed E-state index contributed by atoms with van der Waals surface area (Å²) in [5, 5.41) is 9.83. The molecular weight excluding hydrogens is 310 g/mol. The topological polar surface area (TPSA) is 46.3 Å². The van der Waals surface area contributed by atoms with Crippen molar-refractivity contribution in [3.63, 3.8) is 0 Å². The summed E-state index contributed by atoms with van der Waals surface area (Å²) in [6.07, 6.45) is 1.89. The number of fused-ring (bicyclic) bond motifs is 1. The summed E-state index contributed by atoms with van der Waals surface area (Å²) in [4.78, 5) is 4.59. The average Bonchev–Trinajstić information content (AvgIpc) is 2.98. The number of hydrogen-bond donors (Lipinski definition) is 1. The number of nitrogens with zero attached hydrogens (tertiary/aromatic N) is 1. The van der Waals surface area contributed by atoms with Crippen LogP contribution in [-0.4, -0.2) is 16.7 Å². The third kappa shape index (κ3) is 3.57. The van der Waals surface area contributed by atoms with Crippen molar-refractivity contribution in [2.45, 2.75) is 26.7 Å². The van der Waals surface area contributed by atoms with Gasteiger partial charge in [-0.05, 0) is 61.1 Å². The van der Waals surface area contributed by atoms with Gasteiger partial charge in [-0.15, -0.1) is 0 Å².